The van der Waals surface area contributed by atoms with E-state index in [0.29, 0.717) is 0 Å². The Morgan fingerprint density at radius 1 is 1.59 bits per heavy atom. The van der Waals surface area contributed by atoms with Crippen LogP contribution in [0.25, 0.3) is 0 Å². The average Bonchev–Trinajstić information content (AvgIpc) is 2.27. The lowest BCUT2D eigenvalue weighted by Crippen LogP contribution is -2.19. The Labute approximate surface area is 98.0 Å². The highest BCUT2D eigenvalue weighted by atomic mass is 16.6. The van der Waals surface area contributed by atoms with Gasteiger partial charge in [-0.15, -0.1) is 0 Å². The van der Waals surface area contributed by atoms with Crippen molar-refractivity contribution in [2.24, 2.45) is 5.92 Å². The monoisotopic (exact) mass is 233 g/mol. The van der Waals surface area contributed by atoms with Gasteiger partial charge in [-0.3, -0.25) is 14.9 Å². The molecule has 0 aromatic heterocycles. The average molecular weight is 233 g/mol. The quantitative estimate of drug-likeness (QED) is 0.637. The number of rotatable bonds is 3. The van der Waals surface area contributed by atoms with Crippen LogP contribution in [-0.4, -0.2) is 10.8 Å². The molecule has 1 N–H and O–H groups in total. The van der Waals surface area contributed by atoms with E-state index in [2.05, 4.69) is 5.32 Å². The first kappa shape index (κ1) is 12.6. The fraction of sp³-hybridized carbons (Fsp3) is 0.273. The highest BCUT2D eigenvalue weighted by molar-refractivity contribution is 5.95. The molecule has 0 saturated carbocycles. The summed E-state index contributed by atoms with van der Waals surface area (Å²) >= 11 is 0. The largest absolute Gasteiger partial charge is 0.319 e. The topological polar surface area (TPSA) is 96.0 Å². The zero-order chi connectivity index (χ0) is 13.0. The molecule has 0 saturated heterocycles. The second kappa shape index (κ2) is 5.07. The van der Waals surface area contributed by atoms with Crippen molar-refractivity contribution in [1.82, 2.24) is 0 Å². The lowest BCUT2D eigenvalue weighted by Gasteiger charge is -2.07. The highest BCUT2D eigenvalue weighted by Crippen LogP contribution is 2.25. The van der Waals surface area contributed by atoms with Gasteiger partial charge in [0.2, 0.25) is 5.91 Å². The summed E-state index contributed by atoms with van der Waals surface area (Å²) in [6.07, 6.45) is 0. The van der Waals surface area contributed by atoms with Gasteiger partial charge in [-0.1, -0.05) is 6.07 Å². The molecule has 0 aliphatic heterocycles. The molecule has 0 aliphatic carbocycles. The molecule has 1 atom stereocenters. The van der Waals surface area contributed by atoms with Gasteiger partial charge >= 0.3 is 0 Å². The predicted octanol–water partition coefficient (Wildman–Crippen LogP) is 2.00. The van der Waals surface area contributed by atoms with Crippen molar-refractivity contribution >= 4 is 17.3 Å². The number of nitriles is 1. The van der Waals surface area contributed by atoms with Crippen molar-refractivity contribution < 1.29 is 9.72 Å². The summed E-state index contributed by atoms with van der Waals surface area (Å²) in [7, 11) is 0. The Balaban J connectivity index is 3.05. The van der Waals surface area contributed by atoms with Crippen LogP contribution < -0.4 is 5.32 Å². The smallest absolute Gasteiger partial charge is 0.292 e. The third-order valence-electron chi connectivity index (χ3n) is 2.19. The molecule has 6 nitrogen and oxygen atoms in total. The van der Waals surface area contributed by atoms with Crippen molar-refractivity contribution in [1.29, 1.82) is 5.26 Å². The van der Waals surface area contributed by atoms with Crippen LogP contribution in [0.15, 0.2) is 18.2 Å². The number of nitro benzene ring substituents is 1. The molecule has 0 aliphatic rings. The van der Waals surface area contributed by atoms with E-state index in [4.69, 9.17) is 5.26 Å². The van der Waals surface area contributed by atoms with Gasteiger partial charge in [0.05, 0.1) is 11.0 Å². The van der Waals surface area contributed by atoms with Gasteiger partial charge in [-0.2, -0.15) is 5.26 Å². The van der Waals surface area contributed by atoms with E-state index in [9.17, 15) is 14.9 Å². The van der Waals surface area contributed by atoms with Crippen LogP contribution in [0.2, 0.25) is 0 Å². The molecule has 88 valence electrons. The van der Waals surface area contributed by atoms with Gasteiger partial charge in [-0.05, 0) is 25.5 Å². The molecule has 17 heavy (non-hydrogen) atoms. The van der Waals surface area contributed by atoms with Crippen LogP contribution in [0.4, 0.5) is 11.4 Å². The molecular weight excluding hydrogens is 222 g/mol. The number of hydrogen-bond donors (Lipinski definition) is 1. The van der Waals surface area contributed by atoms with E-state index < -0.39 is 16.7 Å². The molecule has 1 amide bonds. The molecule has 0 bridgehead atoms. The Morgan fingerprint density at radius 3 is 2.76 bits per heavy atom. The Morgan fingerprint density at radius 2 is 2.24 bits per heavy atom. The van der Waals surface area contributed by atoms with E-state index in [1.807, 2.05) is 0 Å². The summed E-state index contributed by atoms with van der Waals surface area (Å²) in [6, 6.07) is 6.17. The minimum atomic E-state index is -0.852. The fourth-order valence-electron chi connectivity index (χ4n) is 1.21. The van der Waals surface area contributed by atoms with E-state index >= 15 is 0 Å². The number of aryl methyl sites for hydroxylation is 1. The van der Waals surface area contributed by atoms with Crippen molar-refractivity contribution in [2.75, 3.05) is 5.32 Å². The molecule has 1 unspecified atom stereocenters. The first-order valence-electron chi connectivity index (χ1n) is 4.91. The summed E-state index contributed by atoms with van der Waals surface area (Å²) in [5.74, 6) is -1.41. The maximum atomic E-state index is 11.5. The van der Waals surface area contributed by atoms with Crippen LogP contribution in [0, 0.1) is 34.3 Å². The standard InChI is InChI=1S/C11H11N3O3/c1-7-3-4-10(14(16)17)9(5-7)13-11(15)8(2)6-12/h3-5,8H,1-2H3,(H,13,15). The predicted molar refractivity (Wildman–Crippen MR) is 61.2 cm³/mol. The molecule has 6 heteroatoms. The van der Waals surface area contributed by atoms with E-state index in [1.54, 1.807) is 19.1 Å². The number of amides is 1. The van der Waals surface area contributed by atoms with Crippen molar-refractivity contribution in [3.8, 4) is 6.07 Å². The molecule has 1 rings (SSSR count). The second-order valence-corrected chi connectivity index (χ2v) is 3.62. The van der Waals surface area contributed by atoms with Gasteiger partial charge in [0.1, 0.15) is 11.6 Å². The minimum absolute atomic E-state index is 0.113. The number of hydrogen-bond acceptors (Lipinski definition) is 4. The van der Waals surface area contributed by atoms with Gasteiger partial charge in [-0.25, -0.2) is 0 Å². The third kappa shape index (κ3) is 3.01. The van der Waals surface area contributed by atoms with Crippen LogP contribution >= 0.6 is 0 Å². The first-order valence-corrected chi connectivity index (χ1v) is 4.91. The SMILES string of the molecule is Cc1ccc([N+](=O)[O-])c(NC(=O)C(C)C#N)c1. The van der Waals surface area contributed by atoms with E-state index in [-0.39, 0.29) is 11.4 Å². The van der Waals surface area contributed by atoms with Crippen molar-refractivity contribution in [2.45, 2.75) is 13.8 Å². The summed E-state index contributed by atoms with van der Waals surface area (Å²) in [6.45, 7) is 3.18. The number of anilines is 1. The van der Waals surface area contributed by atoms with Crippen LogP contribution in [0.1, 0.15) is 12.5 Å². The van der Waals surface area contributed by atoms with Gasteiger partial charge in [0.25, 0.3) is 5.69 Å². The number of nitrogens with zero attached hydrogens (tertiary/aromatic N) is 2. The maximum Gasteiger partial charge on any atom is 0.292 e. The van der Waals surface area contributed by atoms with Crippen LogP contribution in [0.5, 0.6) is 0 Å². The molecule has 0 fully saturated rings. The molecule has 1 aromatic carbocycles. The molecule has 0 spiro atoms. The van der Waals surface area contributed by atoms with E-state index in [1.165, 1.54) is 19.1 Å². The normalized spacial score (nSPS) is 11.4. The Kier molecular flexibility index (Phi) is 3.78. The van der Waals surface area contributed by atoms with Crippen molar-refractivity contribution in [3.63, 3.8) is 0 Å². The van der Waals surface area contributed by atoms with Crippen molar-refractivity contribution in [3.05, 3.63) is 33.9 Å². The Hall–Kier alpha value is -2.42. The summed E-state index contributed by atoms with van der Waals surface area (Å²) < 4.78 is 0. The number of carbonyl (C=O) groups excluding carboxylic acids is 1. The van der Waals surface area contributed by atoms with E-state index in [0.717, 1.165) is 5.56 Å². The lowest BCUT2D eigenvalue weighted by atomic mass is 10.1. The van der Waals surface area contributed by atoms with Gasteiger partial charge in [0, 0.05) is 6.07 Å². The summed E-state index contributed by atoms with van der Waals surface area (Å²) in [4.78, 5) is 21.6. The second-order valence-electron chi connectivity index (χ2n) is 3.62. The van der Waals surface area contributed by atoms with Crippen LogP contribution in [0.3, 0.4) is 0 Å². The fourth-order valence-corrected chi connectivity index (χ4v) is 1.21. The van der Waals surface area contributed by atoms with Gasteiger partial charge in [0.15, 0.2) is 0 Å². The van der Waals surface area contributed by atoms with Crippen LogP contribution in [-0.2, 0) is 4.79 Å². The molecule has 0 heterocycles. The highest BCUT2D eigenvalue weighted by Gasteiger charge is 2.18. The molecule has 0 radical (unpaired) electrons. The maximum absolute atomic E-state index is 11.5. The van der Waals surface area contributed by atoms with Gasteiger partial charge < -0.3 is 5.32 Å². The number of nitrogens with one attached hydrogen (secondary N) is 1. The summed E-state index contributed by atoms with van der Waals surface area (Å²) in [5.41, 5.74) is 0.715. The molecule has 1 aromatic rings. The molecular formula is C11H11N3O3. The number of carbonyl (C=O) groups is 1. The first-order chi connectivity index (χ1) is 7.95. The third-order valence-corrected chi connectivity index (χ3v) is 2.19. The summed E-state index contributed by atoms with van der Waals surface area (Å²) in [5, 5.41) is 21.7. The zero-order valence-electron chi connectivity index (χ0n) is 9.43. The zero-order valence-corrected chi connectivity index (χ0v) is 9.43. The number of benzene rings is 1. The number of nitro groups is 1. The minimum Gasteiger partial charge on any atom is -0.319 e. The lowest BCUT2D eigenvalue weighted by molar-refractivity contribution is -0.383. The Bertz CT molecular complexity index is 505.